The molecule has 0 saturated carbocycles. The third-order valence-electron chi connectivity index (χ3n) is 2.65. The number of amides is 1. The average molecular weight is 270 g/mol. The molecule has 0 spiro atoms. The minimum Gasteiger partial charge on any atom is -0.508 e. The van der Waals surface area contributed by atoms with Crippen molar-refractivity contribution in [3.63, 3.8) is 0 Å². The Labute approximate surface area is 116 Å². The molecule has 0 heterocycles. The first kappa shape index (κ1) is 13.6. The summed E-state index contributed by atoms with van der Waals surface area (Å²) in [6, 6.07) is 11.4. The summed E-state index contributed by atoms with van der Waals surface area (Å²) in [6.07, 6.45) is 1.52. The van der Waals surface area contributed by atoms with Gasteiger partial charge in [-0.1, -0.05) is 29.8 Å². The van der Waals surface area contributed by atoms with Gasteiger partial charge in [0.05, 0.1) is 11.8 Å². The number of rotatable bonds is 3. The van der Waals surface area contributed by atoms with Crippen molar-refractivity contribution < 1.29 is 15.0 Å². The summed E-state index contributed by atoms with van der Waals surface area (Å²) >= 11 is 0. The molecule has 0 radical (unpaired) electrons. The van der Waals surface area contributed by atoms with E-state index in [1.165, 1.54) is 18.3 Å². The molecule has 0 aliphatic carbocycles. The predicted molar refractivity (Wildman–Crippen MR) is 76.0 cm³/mol. The lowest BCUT2D eigenvalue weighted by molar-refractivity contribution is 0.0952. The van der Waals surface area contributed by atoms with Crippen molar-refractivity contribution in [2.45, 2.75) is 6.92 Å². The van der Waals surface area contributed by atoms with Crippen molar-refractivity contribution in [1.29, 1.82) is 0 Å². The van der Waals surface area contributed by atoms with Gasteiger partial charge in [-0.25, -0.2) is 5.43 Å². The van der Waals surface area contributed by atoms with E-state index in [2.05, 4.69) is 10.5 Å². The van der Waals surface area contributed by atoms with Crippen LogP contribution in [0.1, 0.15) is 21.5 Å². The van der Waals surface area contributed by atoms with Crippen molar-refractivity contribution >= 4 is 12.1 Å². The minimum absolute atomic E-state index is 0.0455. The van der Waals surface area contributed by atoms with Crippen molar-refractivity contribution in [1.82, 2.24) is 5.43 Å². The van der Waals surface area contributed by atoms with Gasteiger partial charge in [-0.2, -0.15) is 5.10 Å². The van der Waals surface area contributed by atoms with Gasteiger partial charge in [-0.05, 0) is 24.6 Å². The van der Waals surface area contributed by atoms with Gasteiger partial charge in [-0.15, -0.1) is 0 Å². The molecule has 102 valence electrons. The summed E-state index contributed by atoms with van der Waals surface area (Å²) in [4.78, 5) is 11.8. The molecule has 1 amide bonds. The van der Waals surface area contributed by atoms with Gasteiger partial charge in [-0.3, -0.25) is 4.79 Å². The van der Waals surface area contributed by atoms with Gasteiger partial charge in [0.1, 0.15) is 11.5 Å². The van der Waals surface area contributed by atoms with E-state index in [1.54, 1.807) is 0 Å². The lowest BCUT2D eigenvalue weighted by Crippen LogP contribution is -2.17. The van der Waals surface area contributed by atoms with E-state index in [-0.39, 0.29) is 17.1 Å². The number of aromatic hydroxyl groups is 2. The SMILES string of the molecule is Cc1cccc(/C=N/NC(=O)c2ccc(O)cc2O)c1. The highest BCUT2D eigenvalue weighted by molar-refractivity contribution is 5.97. The molecule has 20 heavy (non-hydrogen) atoms. The molecule has 2 aromatic rings. The number of nitrogens with zero attached hydrogens (tertiary/aromatic N) is 1. The highest BCUT2D eigenvalue weighted by Gasteiger charge is 2.10. The molecule has 2 aromatic carbocycles. The number of aryl methyl sites for hydroxylation is 1. The lowest BCUT2D eigenvalue weighted by Gasteiger charge is -2.03. The molecule has 5 heteroatoms. The Hall–Kier alpha value is -2.82. The Morgan fingerprint density at radius 3 is 2.70 bits per heavy atom. The molecule has 0 aliphatic rings. The summed E-state index contributed by atoms with van der Waals surface area (Å²) in [5.74, 6) is -0.957. The van der Waals surface area contributed by atoms with E-state index in [0.29, 0.717) is 0 Å². The van der Waals surface area contributed by atoms with Gasteiger partial charge in [0.25, 0.3) is 5.91 Å². The van der Waals surface area contributed by atoms with E-state index in [9.17, 15) is 9.90 Å². The van der Waals surface area contributed by atoms with Crippen LogP contribution in [-0.4, -0.2) is 22.3 Å². The quantitative estimate of drug-likeness (QED) is 0.590. The Bertz CT molecular complexity index is 666. The normalized spacial score (nSPS) is 10.7. The Morgan fingerprint density at radius 2 is 2.00 bits per heavy atom. The first-order chi connectivity index (χ1) is 9.56. The minimum atomic E-state index is -0.550. The Kier molecular flexibility index (Phi) is 4.00. The van der Waals surface area contributed by atoms with E-state index in [1.807, 2.05) is 31.2 Å². The fraction of sp³-hybridized carbons (Fsp3) is 0.0667. The van der Waals surface area contributed by atoms with Crippen LogP contribution < -0.4 is 5.43 Å². The maximum Gasteiger partial charge on any atom is 0.275 e. The maximum absolute atomic E-state index is 11.8. The Morgan fingerprint density at radius 1 is 1.20 bits per heavy atom. The summed E-state index contributed by atoms with van der Waals surface area (Å²) in [5, 5.41) is 22.5. The largest absolute Gasteiger partial charge is 0.508 e. The van der Waals surface area contributed by atoms with Crippen LogP contribution in [0.4, 0.5) is 0 Å². The number of nitrogens with one attached hydrogen (secondary N) is 1. The van der Waals surface area contributed by atoms with Gasteiger partial charge in [0.15, 0.2) is 0 Å². The molecule has 0 bridgehead atoms. The van der Waals surface area contributed by atoms with Crippen molar-refractivity contribution in [2.75, 3.05) is 0 Å². The highest BCUT2D eigenvalue weighted by Crippen LogP contribution is 2.22. The average Bonchev–Trinajstić information content (AvgIpc) is 2.38. The second-order valence-corrected chi connectivity index (χ2v) is 4.31. The zero-order chi connectivity index (χ0) is 14.5. The zero-order valence-electron chi connectivity index (χ0n) is 10.9. The first-order valence-electron chi connectivity index (χ1n) is 5.98. The topological polar surface area (TPSA) is 81.9 Å². The van der Waals surface area contributed by atoms with Crippen LogP contribution in [0.5, 0.6) is 11.5 Å². The highest BCUT2D eigenvalue weighted by atomic mass is 16.3. The molecule has 0 aliphatic heterocycles. The molecule has 0 aromatic heterocycles. The third kappa shape index (κ3) is 3.35. The van der Waals surface area contributed by atoms with Crippen LogP contribution in [0, 0.1) is 6.92 Å². The lowest BCUT2D eigenvalue weighted by atomic mass is 10.1. The second-order valence-electron chi connectivity index (χ2n) is 4.31. The van der Waals surface area contributed by atoms with Crippen LogP contribution in [0.15, 0.2) is 47.6 Å². The number of phenols is 2. The number of benzene rings is 2. The van der Waals surface area contributed by atoms with Crippen molar-refractivity contribution in [2.24, 2.45) is 5.10 Å². The first-order valence-corrected chi connectivity index (χ1v) is 5.98. The molecule has 2 rings (SSSR count). The van der Waals surface area contributed by atoms with Crippen molar-refractivity contribution in [3.8, 4) is 11.5 Å². The summed E-state index contributed by atoms with van der Waals surface area (Å²) in [6.45, 7) is 1.96. The van der Waals surface area contributed by atoms with Crippen LogP contribution in [0.3, 0.4) is 0 Å². The Balaban J connectivity index is 2.05. The molecule has 0 fully saturated rings. The standard InChI is InChI=1S/C15H14N2O3/c1-10-3-2-4-11(7-10)9-16-17-15(20)13-6-5-12(18)8-14(13)19/h2-9,18-19H,1H3,(H,17,20)/b16-9+. The fourth-order valence-corrected chi connectivity index (χ4v) is 1.69. The van der Waals surface area contributed by atoms with Crippen LogP contribution >= 0.6 is 0 Å². The second kappa shape index (κ2) is 5.88. The molecular formula is C15H14N2O3. The zero-order valence-corrected chi connectivity index (χ0v) is 10.9. The van der Waals surface area contributed by atoms with Crippen LogP contribution in [0.2, 0.25) is 0 Å². The number of hydrazone groups is 1. The summed E-state index contributed by atoms with van der Waals surface area (Å²) in [7, 11) is 0. The molecular weight excluding hydrogens is 256 g/mol. The number of hydrogen-bond acceptors (Lipinski definition) is 4. The van der Waals surface area contributed by atoms with Gasteiger partial charge >= 0.3 is 0 Å². The number of phenolic OH excluding ortho intramolecular Hbond substituents is 2. The number of carbonyl (C=O) groups is 1. The molecule has 0 unspecified atom stereocenters. The molecule has 0 atom stereocenters. The van der Waals surface area contributed by atoms with Crippen LogP contribution in [0.25, 0.3) is 0 Å². The third-order valence-corrected chi connectivity index (χ3v) is 2.65. The summed E-state index contributed by atoms with van der Waals surface area (Å²) in [5.41, 5.74) is 4.32. The number of carbonyl (C=O) groups excluding carboxylic acids is 1. The van der Waals surface area contributed by atoms with Gasteiger partial charge < -0.3 is 10.2 Å². The molecule has 5 nitrogen and oxygen atoms in total. The predicted octanol–water partition coefficient (Wildman–Crippen LogP) is 2.17. The van der Waals surface area contributed by atoms with Gasteiger partial charge in [0, 0.05) is 6.07 Å². The van der Waals surface area contributed by atoms with E-state index < -0.39 is 5.91 Å². The molecule has 0 saturated heterocycles. The summed E-state index contributed by atoms with van der Waals surface area (Å²) < 4.78 is 0. The maximum atomic E-state index is 11.8. The number of hydrogen-bond donors (Lipinski definition) is 3. The monoisotopic (exact) mass is 270 g/mol. The van der Waals surface area contributed by atoms with E-state index in [4.69, 9.17) is 5.11 Å². The van der Waals surface area contributed by atoms with Gasteiger partial charge in [0.2, 0.25) is 0 Å². The fourth-order valence-electron chi connectivity index (χ4n) is 1.69. The van der Waals surface area contributed by atoms with Crippen LogP contribution in [-0.2, 0) is 0 Å². The van der Waals surface area contributed by atoms with Crippen molar-refractivity contribution in [3.05, 3.63) is 59.2 Å². The smallest absolute Gasteiger partial charge is 0.275 e. The van der Waals surface area contributed by atoms with E-state index >= 15 is 0 Å². The molecule has 3 N–H and O–H groups in total. The van der Waals surface area contributed by atoms with E-state index in [0.717, 1.165) is 17.2 Å².